The van der Waals surface area contributed by atoms with Crippen molar-refractivity contribution in [3.63, 3.8) is 0 Å². The van der Waals surface area contributed by atoms with Crippen LogP contribution in [0.1, 0.15) is 5.56 Å². The van der Waals surface area contributed by atoms with Gasteiger partial charge in [-0.05, 0) is 41.3 Å². The maximum atomic E-state index is 6.01. The van der Waals surface area contributed by atoms with Gasteiger partial charge in [0.2, 0.25) is 0 Å². The van der Waals surface area contributed by atoms with Gasteiger partial charge in [0.1, 0.15) is 0 Å². The number of thiophene rings is 1. The summed E-state index contributed by atoms with van der Waals surface area (Å²) in [7, 11) is 0. The molecule has 3 aromatic rings. The van der Waals surface area contributed by atoms with Gasteiger partial charge >= 0.3 is 0 Å². The Labute approximate surface area is 121 Å². The number of hydrogen-bond donors (Lipinski definition) is 0. The molecule has 93 valence electrons. The van der Waals surface area contributed by atoms with Gasteiger partial charge in [0.25, 0.3) is 0 Å². The average molecular weight is 285 g/mol. The molecular formula is C16H11ClNS. The zero-order valence-electron chi connectivity index (χ0n) is 10.1. The highest BCUT2D eigenvalue weighted by atomic mass is 35.5. The fourth-order valence-corrected chi connectivity index (χ4v) is 2.98. The van der Waals surface area contributed by atoms with Gasteiger partial charge in [-0.15, -0.1) is 11.3 Å². The number of rotatable bonds is 2. The third kappa shape index (κ3) is 2.42. The Morgan fingerprint density at radius 3 is 2.47 bits per heavy atom. The van der Waals surface area contributed by atoms with E-state index in [2.05, 4.69) is 29.4 Å². The molecule has 0 aliphatic rings. The third-order valence-corrected chi connectivity index (χ3v) is 4.12. The van der Waals surface area contributed by atoms with E-state index in [-0.39, 0.29) is 0 Å². The largest absolute Gasteiger partial charge is 0.264 e. The summed E-state index contributed by atoms with van der Waals surface area (Å²) in [4.78, 5) is 4.16. The monoisotopic (exact) mass is 284 g/mol. The molecule has 0 unspecified atom stereocenters. The van der Waals surface area contributed by atoms with Gasteiger partial charge in [0.15, 0.2) is 0 Å². The molecule has 0 saturated heterocycles. The first-order valence-electron chi connectivity index (χ1n) is 5.85. The van der Waals surface area contributed by atoms with E-state index in [9.17, 15) is 0 Å². The van der Waals surface area contributed by atoms with E-state index in [1.54, 1.807) is 6.20 Å². The van der Waals surface area contributed by atoms with Crippen molar-refractivity contribution in [2.24, 2.45) is 0 Å². The first kappa shape index (κ1) is 12.4. The van der Waals surface area contributed by atoms with E-state index in [1.165, 1.54) is 11.3 Å². The minimum Gasteiger partial charge on any atom is -0.264 e. The summed E-state index contributed by atoms with van der Waals surface area (Å²) in [6, 6.07) is 12.1. The van der Waals surface area contributed by atoms with Gasteiger partial charge in [0.05, 0.1) is 4.34 Å². The molecule has 19 heavy (non-hydrogen) atoms. The lowest BCUT2D eigenvalue weighted by Crippen LogP contribution is -1.87. The molecule has 0 atom stereocenters. The molecule has 1 nitrogen and oxygen atoms in total. The van der Waals surface area contributed by atoms with Crippen LogP contribution in [0.2, 0.25) is 4.34 Å². The van der Waals surface area contributed by atoms with Crippen LogP contribution in [0.25, 0.3) is 22.3 Å². The summed E-state index contributed by atoms with van der Waals surface area (Å²) in [5, 5.41) is 2.05. The zero-order chi connectivity index (χ0) is 13.2. The van der Waals surface area contributed by atoms with E-state index in [0.29, 0.717) is 0 Å². The minimum absolute atomic E-state index is 0.793. The van der Waals surface area contributed by atoms with E-state index >= 15 is 0 Å². The second-order valence-electron chi connectivity index (χ2n) is 4.21. The van der Waals surface area contributed by atoms with E-state index in [4.69, 9.17) is 11.6 Å². The highest BCUT2D eigenvalue weighted by Gasteiger charge is 2.09. The molecule has 0 N–H and O–H groups in total. The van der Waals surface area contributed by atoms with Gasteiger partial charge < -0.3 is 0 Å². The van der Waals surface area contributed by atoms with Crippen LogP contribution in [0.15, 0.2) is 54.2 Å². The van der Waals surface area contributed by atoms with Crippen LogP contribution in [-0.4, -0.2) is 4.98 Å². The molecule has 2 aromatic heterocycles. The summed E-state index contributed by atoms with van der Waals surface area (Å²) in [5.41, 5.74) is 5.42. The molecule has 2 heterocycles. The van der Waals surface area contributed by atoms with Crippen molar-refractivity contribution in [1.29, 1.82) is 0 Å². The summed E-state index contributed by atoms with van der Waals surface area (Å²) in [6.45, 7) is 4.22. The predicted molar refractivity (Wildman–Crippen MR) is 82.5 cm³/mol. The maximum absolute atomic E-state index is 6.01. The van der Waals surface area contributed by atoms with E-state index in [1.807, 2.05) is 30.5 Å². The Hall–Kier alpha value is -1.64. The van der Waals surface area contributed by atoms with Crippen molar-refractivity contribution in [2.45, 2.75) is 0 Å². The van der Waals surface area contributed by atoms with Gasteiger partial charge in [-0.1, -0.05) is 35.9 Å². The zero-order valence-corrected chi connectivity index (χ0v) is 11.7. The molecule has 0 spiro atoms. The Balaban J connectivity index is 2.14. The van der Waals surface area contributed by atoms with Gasteiger partial charge in [-0.25, -0.2) is 0 Å². The topological polar surface area (TPSA) is 12.9 Å². The van der Waals surface area contributed by atoms with Crippen molar-refractivity contribution in [3.05, 3.63) is 71.0 Å². The third-order valence-electron chi connectivity index (χ3n) is 3.03. The fraction of sp³-hybridized carbons (Fsp3) is 0. The quantitative estimate of drug-likeness (QED) is 0.621. The summed E-state index contributed by atoms with van der Waals surface area (Å²) in [5.74, 6) is 0. The number of benzene rings is 1. The molecule has 0 saturated carbocycles. The Kier molecular flexibility index (Phi) is 3.36. The number of nitrogens with zero attached hydrogens (tertiary/aromatic N) is 1. The average Bonchev–Trinajstić information content (AvgIpc) is 2.86. The standard InChI is InChI=1S/C16H11ClNS/c1-11-14(12-4-3-7-18-9-12)5-2-6-15(11)13-8-16(17)19-10-13/h2-10H,1H2. The van der Waals surface area contributed by atoms with Gasteiger partial charge in [0, 0.05) is 23.3 Å². The number of aromatic nitrogens is 1. The minimum atomic E-state index is 0.793. The van der Waals surface area contributed by atoms with Gasteiger partial charge in [-0.2, -0.15) is 0 Å². The van der Waals surface area contributed by atoms with Crippen LogP contribution >= 0.6 is 22.9 Å². The van der Waals surface area contributed by atoms with Crippen LogP contribution < -0.4 is 0 Å². The van der Waals surface area contributed by atoms with E-state index < -0.39 is 0 Å². The van der Waals surface area contributed by atoms with Crippen LogP contribution in [0.4, 0.5) is 0 Å². The molecule has 1 aromatic carbocycles. The first-order valence-corrected chi connectivity index (χ1v) is 7.11. The number of hydrogen-bond acceptors (Lipinski definition) is 2. The normalized spacial score (nSPS) is 10.6. The van der Waals surface area contributed by atoms with Crippen molar-refractivity contribution in [1.82, 2.24) is 4.98 Å². The highest BCUT2D eigenvalue weighted by molar-refractivity contribution is 7.14. The van der Waals surface area contributed by atoms with Crippen molar-refractivity contribution in [2.75, 3.05) is 0 Å². The molecule has 1 radical (unpaired) electrons. The molecule has 0 aliphatic carbocycles. The first-order chi connectivity index (χ1) is 9.25. The van der Waals surface area contributed by atoms with Crippen molar-refractivity contribution in [3.8, 4) is 22.3 Å². The Bertz CT molecular complexity index is 704. The smallest absolute Gasteiger partial charge is 0.0934 e. The number of pyridine rings is 1. The molecule has 0 fully saturated rings. The van der Waals surface area contributed by atoms with Crippen molar-refractivity contribution >= 4 is 22.9 Å². The molecule has 0 bridgehead atoms. The Morgan fingerprint density at radius 1 is 1.05 bits per heavy atom. The lowest BCUT2D eigenvalue weighted by atomic mass is 9.95. The van der Waals surface area contributed by atoms with Crippen molar-refractivity contribution < 1.29 is 0 Å². The van der Waals surface area contributed by atoms with E-state index in [0.717, 1.165) is 32.2 Å². The van der Waals surface area contributed by atoms with Crippen LogP contribution in [0.5, 0.6) is 0 Å². The molecule has 3 rings (SSSR count). The molecule has 3 heteroatoms. The second-order valence-corrected chi connectivity index (χ2v) is 5.76. The molecule has 0 aliphatic heterocycles. The summed E-state index contributed by atoms with van der Waals surface area (Å²) >= 11 is 7.54. The fourth-order valence-electron chi connectivity index (χ4n) is 2.10. The summed E-state index contributed by atoms with van der Waals surface area (Å²) in [6.07, 6.45) is 3.63. The van der Waals surface area contributed by atoms with Gasteiger partial charge in [-0.3, -0.25) is 4.98 Å². The van der Waals surface area contributed by atoms with Crippen LogP contribution in [-0.2, 0) is 0 Å². The Morgan fingerprint density at radius 2 is 1.84 bits per heavy atom. The SMILES string of the molecule is [CH2]c1c(-c2cccnc2)cccc1-c1csc(Cl)c1. The second kappa shape index (κ2) is 5.16. The van der Waals surface area contributed by atoms with Crippen LogP contribution in [0, 0.1) is 6.92 Å². The maximum Gasteiger partial charge on any atom is 0.0934 e. The predicted octanol–water partition coefficient (Wildman–Crippen LogP) is 5.31. The molecule has 0 amide bonds. The lowest BCUT2D eigenvalue weighted by molar-refractivity contribution is 1.33. The molecular weight excluding hydrogens is 274 g/mol. The number of halogens is 1. The van der Waals surface area contributed by atoms with Crippen LogP contribution in [0.3, 0.4) is 0 Å². The summed E-state index contributed by atoms with van der Waals surface area (Å²) < 4.78 is 0.793. The lowest BCUT2D eigenvalue weighted by Gasteiger charge is -2.10. The highest BCUT2D eigenvalue weighted by Crippen LogP contribution is 2.34.